The summed E-state index contributed by atoms with van der Waals surface area (Å²) in [7, 11) is 3.76. The molecule has 0 bridgehead atoms. The van der Waals surface area contributed by atoms with Gasteiger partial charge in [-0.2, -0.15) is 0 Å². The van der Waals surface area contributed by atoms with Crippen LogP contribution >= 0.6 is 12.2 Å². The molecule has 0 spiro atoms. The maximum Gasteiger partial charge on any atom is 0.259 e. The number of thiocarbonyl (C=S) groups is 1. The highest BCUT2D eigenvalue weighted by Gasteiger charge is 1.96. The number of ether oxygens (including phenoxy) is 1. The summed E-state index contributed by atoms with van der Waals surface area (Å²) in [4.78, 5) is 1.79. The summed E-state index contributed by atoms with van der Waals surface area (Å²) in [5.41, 5.74) is 1.36. The van der Waals surface area contributed by atoms with Crippen molar-refractivity contribution in [1.29, 1.82) is 0 Å². The van der Waals surface area contributed by atoms with E-state index in [-0.39, 0.29) is 0 Å². The van der Waals surface area contributed by atoms with Gasteiger partial charge in [-0.25, -0.2) is 0 Å². The predicted molar refractivity (Wildman–Crippen MR) is 60.9 cm³/mol. The molecule has 0 saturated carbocycles. The van der Waals surface area contributed by atoms with E-state index in [1.54, 1.807) is 4.90 Å². The number of hydrogen-bond donors (Lipinski definition) is 0. The Balaban J connectivity index is 3.65. The third kappa shape index (κ3) is 6.58. The van der Waals surface area contributed by atoms with Crippen molar-refractivity contribution in [2.45, 2.75) is 26.7 Å². The van der Waals surface area contributed by atoms with Crippen LogP contribution in [-0.2, 0) is 4.74 Å². The van der Waals surface area contributed by atoms with Crippen molar-refractivity contribution in [2.24, 2.45) is 0 Å². The lowest BCUT2D eigenvalue weighted by Crippen LogP contribution is -2.22. The van der Waals surface area contributed by atoms with E-state index in [2.05, 4.69) is 19.9 Å². The van der Waals surface area contributed by atoms with Crippen LogP contribution in [0.4, 0.5) is 0 Å². The Bertz CT molecular complexity index is 187. The first-order valence-electron chi connectivity index (χ1n) is 4.57. The van der Waals surface area contributed by atoms with Gasteiger partial charge >= 0.3 is 0 Å². The zero-order valence-corrected chi connectivity index (χ0v) is 9.78. The second-order valence-corrected chi connectivity index (χ2v) is 3.62. The van der Waals surface area contributed by atoms with Crippen molar-refractivity contribution in [1.82, 2.24) is 4.90 Å². The lowest BCUT2D eigenvalue weighted by atomic mass is 10.2. The van der Waals surface area contributed by atoms with E-state index in [0.717, 1.165) is 6.42 Å². The van der Waals surface area contributed by atoms with E-state index < -0.39 is 0 Å². The van der Waals surface area contributed by atoms with Gasteiger partial charge in [0.05, 0.1) is 0 Å². The van der Waals surface area contributed by atoms with Crippen molar-refractivity contribution in [3.8, 4) is 0 Å². The average Bonchev–Trinajstić information content (AvgIpc) is 2.04. The molecule has 0 atom stereocenters. The Morgan fingerprint density at radius 1 is 1.46 bits per heavy atom. The minimum atomic E-state index is 0.542. The fourth-order valence-electron chi connectivity index (χ4n) is 0.881. The largest absolute Gasteiger partial charge is 0.467 e. The number of hydrogen-bond acceptors (Lipinski definition) is 2. The van der Waals surface area contributed by atoms with Gasteiger partial charge in [-0.3, -0.25) is 0 Å². The highest BCUT2D eigenvalue weighted by Crippen LogP contribution is 2.02. The molecule has 0 aromatic heterocycles. The third-order valence-electron chi connectivity index (χ3n) is 1.65. The molecule has 0 aromatic carbocycles. The molecule has 0 rings (SSSR count). The van der Waals surface area contributed by atoms with E-state index in [1.165, 1.54) is 12.0 Å². The molecular weight excluding hydrogens is 182 g/mol. The van der Waals surface area contributed by atoms with E-state index in [9.17, 15) is 0 Å². The van der Waals surface area contributed by atoms with Crippen LogP contribution in [0.3, 0.4) is 0 Å². The van der Waals surface area contributed by atoms with Gasteiger partial charge in [0.15, 0.2) is 0 Å². The smallest absolute Gasteiger partial charge is 0.259 e. The minimum Gasteiger partial charge on any atom is -0.467 e. The molecule has 0 aromatic rings. The zero-order valence-electron chi connectivity index (χ0n) is 8.96. The molecule has 13 heavy (non-hydrogen) atoms. The van der Waals surface area contributed by atoms with Gasteiger partial charge < -0.3 is 9.64 Å². The first-order chi connectivity index (χ1) is 6.07. The second-order valence-electron chi connectivity index (χ2n) is 3.27. The van der Waals surface area contributed by atoms with Gasteiger partial charge in [0, 0.05) is 14.1 Å². The Morgan fingerprint density at radius 3 is 2.54 bits per heavy atom. The summed E-state index contributed by atoms with van der Waals surface area (Å²) >= 11 is 4.97. The predicted octanol–water partition coefficient (Wildman–Crippen LogP) is 2.60. The summed E-state index contributed by atoms with van der Waals surface area (Å²) in [6.45, 7) is 4.87. The Labute approximate surface area is 86.6 Å². The fourth-order valence-corrected chi connectivity index (χ4v) is 0.949. The van der Waals surface area contributed by atoms with Crippen molar-refractivity contribution >= 4 is 17.4 Å². The van der Waals surface area contributed by atoms with E-state index in [4.69, 9.17) is 17.0 Å². The maximum atomic E-state index is 5.30. The Morgan fingerprint density at radius 2 is 2.08 bits per heavy atom. The van der Waals surface area contributed by atoms with Gasteiger partial charge in [-0.05, 0) is 31.6 Å². The SMILES string of the molecule is CCC/C(C)=C/COC(=S)N(C)C. The highest BCUT2D eigenvalue weighted by atomic mass is 32.1. The molecule has 0 saturated heterocycles. The molecule has 0 heterocycles. The van der Waals surface area contributed by atoms with Crippen LogP contribution in [0.25, 0.3) is 0 Å². The van der Waals surface area contributed by atoms with E-state index >= 15 is 0 Å². The lowest BCUT2D eigenvalue weighted by Gasteiger charge is -2.13. The van der Waals surface area contributed by atoms with E-state index in [1.807, 2.05) is 14.1 Å². The topological polar surface area (TPSA) is 12.5 Å². The molecule has 0 aliphatic carbocycles. The lowest BCUT2D eigenvalue weighted by molar-refractivity contribution is 0.304. The van der Waals surface area contributed by atoms with Crippen LogP contribution in [0.5, 0.6) is 0 Å². The van der Waals surface area contributed by atoms with Gasteiger partial charge in [0.25, 0.3) is 5.17 Å². The standard InChI is InChI=1S/C10H19NOS/c1-5-6-9(2)7-8-12-10(13)11(3)4/h7H,5-6,8H2,1-4H3/b9-7+. The average molecular weight is 201 g/mol. The van der Waals surface area contributed by atoms with Crippen LogP contribution in [0.1, 0.15) is 26.7 Å². The molecule has 0 N–H and O–H groups in total. The summed E-state index contributed by atoms with van der Waals surface area (Å²) in [5, 5.41) is 0.542. The Hall–Kier alpha value is -0.570. The molecule has 0 fully saturated rings. The van der Waals surface area contributed by atoms with Crippen LogP contribution in [0.2, 0.25) is 0 Å². The summed E-state index contributed by atoms with van der Waals surface area (Å²) in [6.07, 6.45) is 4.40. The van der Waals surface area contributed by atoms with Crippen molar-refractivity contribution in [2.75, 3.05) is 20.7 Å². The number of nitrogens with zero attached hydrogens (tertiary/aromatic N) is 1. The summed E-state index contributed by atoms with van der Waals surface area (Å²) in [5.74, 6) is 0. The molecule has 0 aliphatic heterocycles. The second kappa shape index (κ2) is 6.89. The van der Waals surface area contributed by atoms with Crippen molar-refractivity contribution in [3.05, 3.63) is 11.6 Å². The molecule has 0 amide bonds. The molecule has 0 aliphatic rings. The van der Waals surface area contributed by atoms with Gasteiger partial charge in [-0.1, -0.05) is 18.9 Å². The number of rotatable bonds is 4. The van der Waals surface area contributed by atoms with Crippen LogP contribution < -0.4 is 0 Å². The first kappa shape index (κ1) is 12.4. The van der Waals surface area contributed by atoms with Crippen molar-refractivity contribution in [3.63, 3.8) is 0 Å². The van der Waals surface area contributed by atoms with Crippen LogP contribution in [0.15, 0.2) is 11.6 Å². The zero-order chi connectivity index (χ0) is 10.3. The maximum absolute atomic E-state index is 5.30. The monoisotopic (exact) mass is 201 g/mol. The molecule has 76 valence electrons. The molecule has 0 radical (unpaired) electrons. The van der Waals surface area contributed by atoms with Crippen molar-refractivity contribution < 1.29 is 4.74 Å². The first-order valence-corrected chi connectivity index (χ1v) is 4.98. The molecular formula is C10H19NOS. The molecule has 2 nitrogen and oxygen atoms in total. The number of allylic oxidation sites excluding steroid dienone is 1. The quantitative estimate of drug-likeness (QED) is 0.512. The van der Waals surface area contributed by atoms with Gasteiger partial charge in [0.2, 0.25) is 0 Å². The normalized spacial score (nSPS) is 11.2. The van der Waals surface area contributed by atoms with Gasteiger partial charge in [0.1, 0.15) is 6.61 Å². The summed E-state index contributed by atoms with van der Waals surface area (Å²) < 4.78 is 5.30. The van der Waals surface area contributed by atoms with E-state index in [0.29, 0.717) is 11.8 Å². The van der Waals surface area contributed by atoms with Crippen LogP contribution in [-0.4, -0.2) is 30.8 Å². The van der Waals surface area contributed by atoms with Gasteiger partial charge in [-0.15, -0.1) is 0 Å². The van der Waals surface area contributed by atoms with Crippen LogP contribution in [0, 0.1) is 0 Å². The highest BCUT2D eigenvalue weighted by molar-refractivity contribution is 7.80. The summed E-state index contributed by atoms with van der Waals surface area (Å²) in [6, 6.07) is 0. The third-order valence-corrected chi connectivity index (χ3v) is 2.13. The Kier molecular flexibility index (Phi) is 6.59. The molecule has 3 heteroatoms. The fraction of sp³-hybridized carbons (Fsp3) is 0.700. The minimum absolute atomic E-state index is 0.542. The molecule has 0 unspecified atom stereocenters.